The first-order chi connectivity index (χ1) is 10.0. The lowest BCUT2D eigenvalue weighted by molar-refractivity contribution is -0.384. The summed E-state index contributed by atoms with van der Waals surface area (Å²) in [7, 11) is 1.55. The molecule has 0 aliphatic rings. The van der Waals surface area contributed by atoms with Gasteiger partial charge in [-0.3, -0.25) is 14.9 Å². The number of amides is 1. The second-order valence-corrected chi connectivity index (χ2v) is 4.44. The molecule has 0 atom stereocenters. The Kier molecular flexibility index (Phi) is 4.18. The number of methoxy groups -OCH3 is 1. The van der Waals surface area contributed by atoms with Gasteiger partial charge >= 0.3 is 0 Å². The van der Waals surface area contributed by atoms with Gasteiger partial charge in [-0.05, 0) is 42.8 Å². The van der Waals surface area contributed by atoms with Crippen molar-refractivity contribution in [1.29, 1.82) is 0 Å². The van der Waals surface area contributed by atoms with Gasteiger partial charge in [-0.2, -0.15) is 0 Å². The smallest absolute Gasteiger partial charge is 0.269 e. The van der Waals surface area contributed by atoms with E-state index >= 15 is 0 Å². The number of hydrogen-bond acceptors (Lipinski definition) is 4. The largest absolute Gasteiger partial charge is 0.497 e. The Labute approximate surface area is 121 Å². The highest BCUT2D eigenvalue weighted by atomic mass is 16.6. The number of nitrogens with zero attached hydrogens (tertiary/aromatic N) is 1. The van der Waals surface area contributed by atoms with Gasteiger partial charge in [-0.1, -0.05) is 0 Å². The van der Waals surface area contributed by atoms with Gasteiger partial charge in [-0.25, -0.2) is 0 Å². The number of non-ortho nitro benzene ring substituents is 1. The minimum Gasteiger partial charge on any atom is -0.497 e. The molecule has 2 rings (SSSR count). The van der Waals surface area contributed by atoms with E-state index in [1.165, 1.54) is 18.2 Å². The van der Waals surface area contributed by atoms with Gasteiger partial charge in [0.05, 0.1) is 12.0 Å². The average molecular weight is 286 g/mol. The van der Waals surface area contributed by atoms with Gasteiger partial charge in [0.25, 0.3) is 11.6 Å². The standard InChI is InChI=1S/C15H14N2O4/c1-10-9-12(17(19)20)5-8-14(10)16-15(18)11-3-6-13(21-2)7-4-11/h3-9H,1-2H3,(H,16,18). The summed E-state index contributed by atoms with van der Waals surface area (Å²) in [5.74, 6) is 0.382. The molecule has 1 amide bonds. The van der Waals surface area contributed by atoms with Crippen LogP contribution >= 0.6 is 0 Å². The Morgan fingerprint density at radius 3 is 2.38 bits per heavy atom. The summed E-state index contributed by atoms with van der Waals surface area (Å²) in [4.78, 5) is 22.3. The molecule has 2 aromatic carbocycles. The molecule has 0 bridgehead atoms. The van der Waals surface area contributed by atoms with E-state index in [1.807, 2.05) is 0 Å². The van der Waals surface area contributed by atoms with Gasteiger partial charge < -0.3 is 10.1 Å². The number of nitrogens with one attached hydrogen (secondary N) is 1. The summed E-state index contributed by atoms with van der Waals surface area (Å²) >= 11 is 0. The van der Waals surface area contributed by atoms with Gasteiger partial charge in [0, 0.05) is 23.4 Å². The molecule has 0 radical (unpaired) electrons. The Bertz CT molecular complexity index is 681. The van der Waals surface area contributed by atoms with E-state index in [-0.39, 0.29) is 11.6 Å². The van der Waals surface area contributed by atoms with Crippen LogP contribution in [0, 0.1) is 17.0 Å². The molecule has 2 aromatic rings. The van der Waals surface area contributed by atoms with Gasteiger partial charge in [-0.15, -0.1) is 0 Å². The fraction of sp³-hybridized carbons (Fsp3) is 0.133. The quantitative estimate of drug-likeness (QED) is 0.691. The van der Waals surface area contributed by atoms with E-state index in [0.29, 0.717) is 22.6 Å². The topological polar surface area (TPSA) is 81.5 Å². The number of ether oxygens (including phenoxy) is 1. The van der Waals surface area contributed by atoms with Crippen LogP contribution in [-0.2, 0) is 0 Å². The number of benzene rings is 2. The highest BCUT2D eigenvalue weighted by molar-refractivity contribution is 6.04. The third kappa shape index (κ3) is 3.36. The first kappa shape index (κ1) is 14.5. The van der Waals surface area contributed by atoms with Crippen molar-refractivity contribution in [3.63, 3.8) is 0 Å². The second-order valence-electron chi connectivity index (χ2n) is 4.44. The summed E-state index contributed by atoms with van der Waals surface area (Å²) in [6, 6.07) is 11.0. The van der Waals surface area contributed by atoms with E-state index in [9.17, 15) is 14.9 Å². The second kappa shape index (κ2) is 6.04. The van der Waals surface area contributed by atoms with Crippen molar-refractivity contribution < 1.29 is 14.5 Å². The zero-order chi connectivity index (χ0) is 15.4. The zero-order valence-electron chi connectivity index (χ0n) is 11.6. The summed E-state index contributed by atoms with van der Waals surface area (Å²) in [5.41, 5.74) is 1.65. The molecule has 0 fully saturated rings. The molecular formula is C15H14N2O4. The van der Waals surface area contributed by atoms with Crippen molar-refractivity contribution in [2.45, 2.75) is 6.92 Å². The van der Waals surface area contributed by atoms with Gasteiger partial charge in [0.2, 0.25) is 0 Å². The maximum absolute atomic E-state index is 12.1. The molecule has 6 nitrogen and oxygen atoms in total. The fourth-order valence-electron chi connectivity index (χ4n) is 1.84. The Morgan fingerprint density at radius 2 is 1.86 bits per heavy atom. The van der Waals surface area contributed by atoms with E-state index in [2.05, 4.69) is 5.32 Å². The molecule has 1 N–H and O–H groups in total. The average Bonchev–Trinajstić information content (AvgIpc) is 2.49. The number of carbonyl (C=O) groups is 1. The van der Waals surface area contributed by atoms with Crippen molar-refractivity contribution in [2.75, 3.05) is 12.4 Å². The Hall–Kier alpha value is -2.89. The number of carbonyl (C=O) groups excluding carboxylic acids is 1. The molecule has 0 saturated carbocycles. The maximum Gasteiger partial charge on any atom is 0.269 e. The van der Waals surface area contributed by atoms with Crippen molar-refractivity contribution in [2.24, 2.45) is 0 Å². The normalized spacial score (nSPS) is 10.0. The number of aryl methyl sites for hydroxylation is 1. The van der Waals surface area contributed by atoms with Crippen molar-refractivity contribution in [3.05, 3.63) is 63.7 Å². The number of hydrogen-bond donors (Lipinski definition) is 1. The minimum absolute atomic E-state index is 0.00468. The zero-order valence-corrected chi connectivity index (χ0v) is 11.6. The van der Waals surface area contributed by atoms with Crippen molar-refractivity contribution in [1.82, 2.24) is 0 Å². The van der Waals surface area contributed by atoms with Crippen LogP contribution in [0.1, 0.15) is 15.9 Å². The third-order valence-corrected chi connectivity index (χ3v) is 3.02. The van der Waals surface area contributed by atoms with E-state index < -0.39 is 4.92 Å². The lowest BCUT2D eigenvalue weighted by atomic mass is 10.1. The van der Waals surface area contributed by atoms with Crippen LogP contribution in [0.4, 0.5) is 11.4 Å². The van der Waals surface area contributed by atoms with Crippen LogP contribution in [-0.4, -0.2) is 17.9 Å². The minimum atomic E-state index is -0.470. The molecule has 0 aromatic heterocycles. The molecule has 0 aliphatic heterocycles. The summed E-state index contributed by atoms with van der Waals surface area (Å²) < 4.78 is 5.03. The molecule has 108 valence electrons. The molecule has 0 aliphatic carbocycles. The van der Waals surface area contributed by atoms with Crippen LogP contribution in [0.3, 0.4) is 0 Å². The molecule has 21 heavy (non-hydrogen) atoms. The maximum atomic E-state index is 12.1. The molecule has 0 unspecified atom stereocenters. The summed E-state index contributed by atoms with van der Waals surface area (Å²) in [6.07, 6.45) is 0. The van der Waals surface area contributed by atoms with E-state index in [1.54, 1.807) is 38.3 Å². The van der Waals surface area contributed by atoms with E-state index in [4.69, 9.17) is 4.74 Å². The molecule has 0 heterocycles. The van der Waals surface area contributed by atoms with Crippen LogP contribution in [0.5, 0.6) is 5.75 Å². The van der Waals surface area contributed by atoms with Crippen LogP contribution in [0.25, 0.3) is 0 Å². The van der Waals surface area contributed by atoms with Crippen LogP contribution in [0.15, 0.2) is 42.5 Å². The Balaban J connectivity index is 2.17. The number of anilines is 1. The van der Waals surface area contributed by atoms with Gasteiger partial charge in [0.15, 0.2) is 0 Å². The first-order valence-electron chi connectivity index (χ1n) is 6.21. The SMILES string of the molecule is COc1ccc(C(=O)Nc2ccc([N+](=O)[O-])cc2C)cc1. The third-order valence-electron chi connectivity index (χ3n) is 3.02. The molecule has 6 heteroatoms. The predicted molar refractivity (Wildman–Crippen MR) is 78.8 cm³/mol. The van der Waals surface area contributed by atoms with Crippen LogP contribution < -0.4 is 10.1 Å². The highest BCUT2D eigenvalue weighted by Gasteiger charge is 2.11. The Morgan fingerprint density at radius 1 is 1.19 bits per heavy atom. The van der Waals surface area contributed by atoms with Crippen molar-refractivity contribution >= 4 is 17.3 Å². The fourth-order valence-corrected chi connectivity index (χ4v) is 1.84. The number of nitro groups is 1. The molecular weight excluding hydrogens is 272 g/mol. The molecule has 0 saturated heterocycles. The number of nitro benzene ring substituents is 1. The lowest BCUT2D eigenvalue weighted by Gasteiger charge is -2.08. The first-order valence-corrected chi connectivity index (χ1v) is 6.21. The predicted octanol–water partition coefficient (Wildman–Crippen LogP) is 3.16. The summed E-state index contributed by atoms with van der Waals surface area (Å²) in [5, 5.41) is 13.4. The molecule has 0 spiro atoms. The highest BCUT2D eigenvalue weighted by Crippen LogP contribution is 2.22. The lowest BCUT2D eigenvalue weighted by Crippen LogP contribution is -2.12. The van der Waals surface area contributed by atoms with Gasteiger partial charge in [0.1, 0.15) is 5.75 Å². The van der Waals surface area contributed by atoms with E-state index in [0.717, 1.165) is 0 Å². The van der Waals surface area contributed by atoms with Crippen molar-refractivity contribution in [3.8, 4) is 5.75 Å². The summed E-state index contributed by atoms with van der Waals surface area (Å²) in [6.45, 7) is 1.70. The monoisotopic (exact) mass is 286 g/mol. The van der Waals surface area contributed by atoms with Crippen LogP contribution in [0.2, 0.25) is 0 Å². The number of rotatable bonds is 4.